The molecule has 0 unspecified atom stereocenters. The molecule has 8 heteroatoms. The zero-order valence-corrected chi connectivity index (χ0v) is 14.5. The monoisotopic (exact) mass is 342 g/mol. The van der Waals surface area contributed by atoms with Crippen LogP contribution in [0.15, 0.2) is 24.3 Å². The van der Waals surface area contributed by atoms with Crippen LogP contribution in [-0.2, 0) is 17.8 Å². The van der Waals surface area contributed by atoms with Crippen LogP contribution in [0, 0.1) is 11.3 Å². The van der Waals surface area contributed by atoms with Crippen molar-refractivity contribution in [2.75, 3.05) is 11.1 Å². The van der Waals surface area contributed by atoms with Crippen molar-refractivity contribution in [3.8, 4) is 6.07 Å². The van der Waals surface area contributed by atoms with Gasteiger partial charge in [0, 0.05) is 13.1 Å². The molecule has 2 rings (SSSR count). The number of H-pyrrole nitrogens is 1. The van der Waals surface area contributed by atoms with Gasteiger partial charge in [-0.3, -0.25) is 5.10 Å². The van der Waals surface area contributed by atoms with Crippen molar-refractivity contribution in [2.45, 2.75) is 39.5 Å². The number of aromatic amines is 1. The molecule has 0 spiro atoms. The van der Waals surface area contributed by atoms with Gasteiger partial charge in [-0.05, 0) is 31.9 Å². The van der Waals surface area contributed by atoms with Crippen molar-refractivity contribution >= 4 is 17.7 Å². The van der Waals surface area contributed by atoms with E-state index in [0.29, 0.717) is 24.5 Å². The summed E-state index contributed by atoms with van der Waals surface area (Å²) in [4.78, 5) is 11.7. The maximum Gasteiger partial charge on any atom is 0.407 e. The molecule has 1 aromatic heterocycles. The first kappa shape index (κ1) is 18.1. The largest absolute Gasteiger partial charge is 0.444 e. The van der Waals surface area contributed by atoms with Gasteiger partial charge in [0.15, 0.2) is 5.82 Å². The topological polar surface area (TPSA) is 129 Å². The Bertz CT molecular complexity index is 785. The molecule has 0 fully saturated rings. The molecule has 0 radical (unpaired) electrons. The van der Waals surface area contributed by atoms with Crippen LogP contribution in [0.5, 0.6) is 0 Å². The van der Waals surface area contributed by atoms with Crippen LogP contribution in [0.2, 0.25) is 0 Å². The summed E-state index contributed by atoms with van der Waals surface area (Å²) in [7, 11) is 0. The van der Waals surface area contributed by atoms with Gasteiger partial charge >= 0.3 is 6.09 Å². The maximum atomic E-state index is 11.7. The van der Waals surface area contributed by atoms with E-state index in [1.807, 2.05) is 51.1 Å². The van der Waals surface area contributed by atoms with Gasteiger partial charge in [0.25, 0.3) is 0 Å². The molecule has 0 aliphatic rings. The summed E-state index contributed by atoms with van der Waals surface area (Å²) in [5, 5.41) is 21.4. The molecule has 1 heterocycles. The lowest BCUT2D eigenvalue weighted by Gasteiger charge is -2.19. The number of amides is 1. The molecule has 5 N–H and O–H groups in total. The number of rotatable bonds is 5. The Kier molecular flexibility index (Phi) is 5.49. The molecule has 0 aliphatic carbocycles. The summed E-state index contributed by atoms with van der Waals surface area (Å²) in [5.74, 6) is 0.651. The van der Waals surface area contributed by atoms with Crippen molar-refractivity contribution in [1.82, 2.24) is 15.5 Å². The van der Waals surface area contributed by atoms with Crippen LogP contribution in [0.25, 0.3) is 0 Å². The van der Waals surface area contributed by atoms with Crippen molar-refractivity contribution < 1.29 is 9.53 Å². The second-order valence-corrected chi connectivity index (χ2v) is 6.50. The van der Waals surface area contributed by atoms with Gasteiger partial charge in [-0.25, -0.2) is 4.79 Å². The number of alkyl carbamates (subject to hydrolysis) is 1. The number of benzene rings is 1. The molecule has 25 heavy (non-hydrogen) atoms. The van der Waals surface area contributed by atoms with Crippen LogP contribution in [0.4, 0.5) is 16.4 Å². The minimum Gasteiger partial charge on any atom is -0.444 e. The molecule has 0 bridgehead atoms. The number of aromatic nitrogens is 2. The highest BCUT2D eigenvalue weighted by Crippen LogP contribution is 2.18. The number of hydrogen-bond acceptors (Lipinski definition) is 6. The summed E-state index contributed by atoms with van der Waals surface area (Å²) in [6.07, 6.45) is -0.457. The van der Waals surface area contributed by atoms with Gasteiger partial charge in [-0.1, -0.05) is 24.3 Å². The standard InChI is InChI=1S/C17H22N6O2/c1-17(2,3)25-16(24)21-10-12-6-4-5-11(7-12)9-20-15-13(8-18)14(19)22-23-15/h4-7H,9-10H2,1-3H3,(H,21,24)(H4,19,20,22,23). The molecule has 8 nitrogen and oxygen atoms in total. The Morgan fingerprint density at radius 3 is 2.68 bits per heavy atom. The van der Waals surface area contributed by atoms with Crippen molar-refractivity contribution in [1.29, 1.82) is 5.26 Å². The SMILES string of the molecule is CC(C)(C)OC(=O)NCc1cccc(CNc2n[nH]c(N)c2C#N)c1. The lowest BCUT2D eigenvalue weighted by Crippen LogP contribution is -2.32. The number of ether oxygens (including phenoxy) is 1. The number of nitrogens with two attached hydrogens (primary N) is 1. The van der Waals surface area contributed by atoms with Gasteiger partial charge in [-0.2, -0.15) is 10.4 Å². The number of nitriles is 1. The maximum absolute atomic E-state index is 11.7. The van der Waals surface area contributed by atoms with E-state index in [1.54, 1.807) is 0 Å². The molecule has 0 aliphatic heterocycles. The van der Waals surface area contributed by atoms with E-state index in [1.165, 1.54) is 0 Å². The third-order valence-corrected chi connectivity index (χ3v) is 3.19. The predicted octanol–water partition coefficient (Wildman–Crippen LogP) is 2.50. The summed E-state index contributed by atoms with van der Waals surface area (Å²) >= 11 is 0. The van der Waals surface area contributed by atoms with Gasteiger partial charge in [0.1, 0.15) is 23.1 Å². The Morgan fingerprint density at radius 1 is 1.36 bits per heavy atom. The Morgan fingerprint density at radius 2 is 2.04 bits per heavy atom. The third-order valence-electron chi connectivity index (χ3n) is 3.19. The fourth-order valence-corrected chi connectivity index (χ4v) is 2.12. The van der Waals surface area contributed by atoms with E-state index in [4.69, 9.17) is 15.7 Å². The molecule has 0 atom stereocenters. The fraction of sp³-hybridized carbons (Fsp3) is 0.353. The molecule has 132 valence electrons. The summed E-state index contributed by atoms with van der Waals surface area (Å²) in [6, 6.07) is 9.69. The van der Waals surface area contributed by atoms with Gasteiger partial charge in [0.2, 0.25) is 0 Å². The third kappa shape index (κ3) is 5.42. The van der Waals surface area contributed by atoms with Gasteiger partial charge < -0.3 is 21.1 Å². The van der Waals surface area contributed by atoms with Crippen LogP contribution in [-0.4, -0.2) is 21.9 Å². The Balaban J connectivity index is 1.93. The van der Waals surface area contributed by atoms with E-state index in [9.17, 15) is 4.79 Å². The van der Waals surface area contributed by atoms with E-state index in [0.717, 1.165) is 11.1 Å². The summed E-state index contributed by atoms with van der Waals surface area (Å²) in [6.45, 7) is 6.28. The Labute approximate surface area is 146 Å². The van der Waals surface area contributed by atoms with Gasteiger partial charge in [0.05, 0.1) is 0 Å². The number of hydrogen-bond donors (Lipinski definition) is 4. The molecular formula is C17H22N6O2. The fourth-order valence-electron chi connectivity index (χ4n) is 2.12. The highest BCUT2D eigenvalue weighted by atomic mass is 16.6. The first-order valence-electron chi connectivity index (χ1n) is 7.81. The van der Waals surface area contributed by atoms with E-state index in [-0.39, 0.29) is 5.82 Å². The average molecular weight is 342 g/mol. The van der Waals surface area contributed by atoms with Crippen LogP contribution < -0.4 is 16.4 Å². The molecule has 1 aromatic carbocycles. The number of nitrogens with one attached hydrogen (secondary N) is 3. The average Bonchev–Trinajstić information content (AvgIpc) is 2.90. The van der Waals surface area contributed by atoms with Crippen molar-refractivity contribution in [2.24, 2.45) is 0 Å². The van der Waals surface area contributed by atoms with Crippen molar-refractivity contribution in [3.63, 3.8) is 0 Å². The lowest BCUT2D eigenvalue weighted by molar-refractivity contribution is 0.0523. The van der Waals surface area contributed by atoms with E-state index < -0.39 is 11.7 Å². The first-order chi connectivity index (χ1) is 11.8. The van der Waals surface area contributed by atoms with E-state index in [2.05, 4.69) is 20.8 Å². The second-order valence-electron chi connectivity index (χ2n) is 6.50. The smallest absolute Gasteiger partial charge is 0.407 e. The summed E-state index contributed by atoms with van der Waals surface area (Å²) < 4.78 is 5.21. The van der Waals surface area contributed by atoms with Crippen LogP contribution >= 0.6 is 0 Å². The Hall–Kier alpha value is -3.21. The minimum absolute atomic E-state index is 0.236. The predicted molar refractivity (Wildman–Crippen MR) is 94.6 cm³/mol. The quantitative estimate of drug-likeness (QED) is 0.661. The highest BCUT2D eigenvalue weighted by molar-refractivity contribution is 5.67. The molecule has 2 aromatic rings. The van der Waals surface area contributed by atoms with E-state index >= 15 is 0 Å². The number of carbonyl (C=O) groups is 1. The van der Waals surface area contributed by atoms with Gasteiger partial charge in [-0.15, -0.1) is 0 Å². The second kappa shape index (κ2) is 7.57. The van der Waals surface area contributed by atoms with Crippen LogP contribution in [0.3, 0.4) is 0 Å². The molecule has 0 saturated heterocycles. The number of nitrogen functional groups attached to an aromatic ring is 1. The summed E-state index contributed by atoms with van der Waals surface area (Å²) in [5.41, 5.74) is 7.31. The molecular weight excluding hydrogens is 320 g/mol. The first-order valence-corrected chi connectivity index (χ1v) is 7.81. The highest BCUT2D eigenvalue weighted by Gasteiger charge is 2.15. The number of nitrogens with zero attached hydrogens (tertiary/aromatic N) is 2. The zero-order valence-electron chi connectivity index (χ0n) is 14.5. The normalized spacial score (nSPS) is 10.8. The lowest BCUT2D eigenvalue weighted by atomic mass is 10.1. The zero-order chi connectivity index (χ0) is 18.4. The molecule has 1 amide bonds. The number of carbonyl (C=O) groups excluding carboxylic acids is 1. The molecule has 0 saturated carbocycles. The number of anilines is 2. The minimum atomic E-state index is -0.528. The van der Waals surface area contributed by atoms with Crippen LogP contribution in [0.1, 0.15) is 37.5 Å². The van der Waals surface area contributed by atoms with Crippen molar-refractivity contribution in [3.05, 3.63) is 41.0 Å².